The van der Waals surface area contributed by atoms with Gasteiger partial charge in [0, 0.05) is 6.42 Å². The lowest BCUT2D eigenvalue weighted by atomic mass is 9.87. The van der Waals surface area contributed by atoms with Crippen molar-refractivity contribution >= 4 is 0 Å². The lowest BCUT2D eigenvalue weighted by Crippen LogP contribution is -2.02. The van der Waals surface area contributed by atoms with Gasteiger partial charge in [-0.25, -0.2) is 0 Å². The third-order valence-corrected chi connectivity index (χ3v) is 3.25. The molecule has 0 N–H and O–H groups in total. The molecule has 2 radical (unpaired) electrons. The maximum absolute atomic E-state index is 3.48. The summed E-state index contributed by atoms with van der Waals surface area (Å²) in [5.74, 6) is 0.684. The maximum atomic E-state index is 3.48. The highest BCUT2D eigenvalue weighted by Gasteiger charge is 2.11. The molecule has 1 atom stereocenters. The summed E-state index contributed by atoms with van der Waals surface area (Å²) in [5, 5.41) is 0. The van der Waals surface area contributed by atoms with Crippen LogP contribution in [0.2, 0.25) is 0 Å². The Labute approximate surface area is 87.3 Å². The summed E-state index contributed by atoms with van der Waals surface area (Å²) in [4.78, 5) is 0. The zero-order valence-electron chi connectivity index (χ0n) is 9.14. The van der Waals surface area contributed by atoms with Crippen LogP contribution in [-0.2, 0) is 6.42 Å². The summed E-state index contributed by atoms with van der Waals surface area (Å²) >= 11 is 0. The van der Waals surface area contributed by atoms with Crippen LogP contribution in [0.5, 0.6) is 0 Å². The normalized spacial score (nSPS) is 17.6. The van der Waals surface area contributed by atoms with Gasteiger partial charge in [-0.15, -0.1) is 0 Å². The maximum Gasteiger partial charge on any atom is 0.0167 e. The highest BCUT2D eigenvalue weighted by molar-refractivity contribution is 5.39. The van der Waals surface area contributed by atoms with E-state index in [2.05, 4.69) is 38.5 Å². The Bertz CT molecular complexity index is 312. The summed E-state index contributed by atoms with van der Waals surface area (Å²) in [6, 6.07) is 6.92. The van der Waals surface area contributed by atoms with E-state index in [1.807, 2.05) is 0 Å². The Morgan fingerprint density at radius 1 is 1.43 bits per heavy atom. The second-order valence-corrected chi connectivity index (χ2v) is 4.26. The van der Waals surface area contributed by atoms with E-state index < -0.39 is 0 Å². The number of aryl methyl sites for hydroxylation is 1. The van der Waals surface area contributed by atoms with E-state index in [0.717, 1.165) is 6.42 Å². The summed E-state index contributed by atoms with van der Waals surface area (Å²) in [6.45, 7) is 4.54. The second kappa shape index (κ2) is 4.16. The van der Waals surface area contributed by atoms with Crippen LogP contribution in [0.15, 0.2) is 18.2 Å². The highest BCUT2D eigenvalue weighted by Crippen LogP contribution is 2.27. The SMILES string of the molecule is CCC(C)c1ccc2c(c1)[C]CCC2. The highest BCUT2D eigenvalue weighted by atomic mass is 14.2. The van der Waals surface area contributed by atoms with Crippen LogP contribution >= 0.6 is 0 Å². The molecule has 14 heavy (non-hydrogen) atoms. The molecule has 0 aromatic heterocycles. The number of hydrogen-bond donors (Lipinski definition) is 0. The third-order valence-electron chi connectivity index (χ3n) is 3.25. The number of rotatable bonds is 2. The van der Waals surface area contributed by atoms with Crippen molar-refractivity contribution in [3.05, 3.63) is 41.3 Å². The molecule has 0 spiro atoms. The van der Waals surface area contributed by atoms with Crippen LogP contribution in [0.25, 0.3) is 0 Å². The summed E-state index contributed by atoms with van der Waals surface area (Å²) in [6.07, 6.45) is 8.35. The van der Waals surface area contributed by atoms with Crippen LogP contribution in [0.4, 0.5) is 0 Å². The van der Waals surface area contributed by atoms with E-state index >= 15 is 0 Å². The van der Waals surface area contributed by atoms with Crippen molar-refractivity contribution in [1.82, 2.24) is 0 Å². The quantitative estimate of drug-likeness (QED) is 0.655. The molecule has 74 valence electrons. The zero-order valence-corrected chi connectivity index (χ0v) is 9.14. The smallest absolute Gasteiger partial charge is 0.0167 e. The van der Waals surface area contributed by atoms with Gasteiger partial charge >= 0.3 is 0 Å². The molecule has 1 aromatic carbocycles. The minimum absolute atomic E-state index is 0.684. The van der Waals surface area contributed by atoms with E-state index in [1.54, 1.807) is 0 Å². The van der Waals surface area contributed by atoms with E-state index in [-0.39, 0.29) is 0 Å². The molecular formula is C14H18. The van der Waals surface area contributed by atoms with Crippen LogP contribution in [0.3, 0.4) is 0 Å². The van der Waals surface area contributed by atoms with E-state index in [9.17, 15) is 0 Å². The van der Waals surface area contributed by atoms with Gasteiger partial charge in [0.15, 0.2) is 0 Å². The molecule has 0 fully saturated rings. The predicted molar refractivity (Wildman–Crippen MR) is 60.4 cm³/mol. The average Bonchev–Trinajstić information content (AvgIpc) is 2.27. The molecule has 1 aromatic rings. The standard InChI is InChI=1S/C14H18/c1-3-11(2)13-9-8-12-6-4-5-7-14(12)10-13/h8-11H,3-6H2,1-2H3. The minimum atomic E-state index is 0.684. The molecule has 1 unspecified atom stereocenters. The van der Waals surface area contributed by atoms with Gasteiger partial charge in [0.25, 0.3) is 0 Å². The molecule has 1 aliphatic rings. The van der Waals surface area contributed by atoms with E-state index in [1.165, 1.54) is 36.0 Å². The lowest BCUT2D eigenvalue weighted by molar-refractivity contribution is 0.725. The first-order valence-electron chi connectivity index (χ1n) is 5.68. The fourth-order valence-corrected chi connectivity index (χ4v) is 2.02. The van der Waals surface area contributed by atoms with Gasteiger partial charge in [0.1, 0.15) is 0 Å². The van der Waals surface area contributed by atoms with Crippen molar-refractivity contribution < 1.29 is 0 Å². The molecule has 1 aliphatic carbocycles. The van der Waals surface area contributed by atoms with Crippen molar-refractivity contribution in [2.45, 2.75) is 45.4 Å². The lowest BCUT2D eigenvalue weighted by Gasteiger charge is -2.18. The van der Waals surface area contributed by atoms with Gasteiger partial charge in [-0.05, 0) is 48.3 Å². The topological polar surface area (TPSA) is 0 Å². The molecule has 0 saturated carbocycles. The largest absolute Gasteiger partial charge is 0.0648 e. The van der Waals surface area contributed by atoms with Gasteiger partial charge in [-0.3, -0.25) is 0 Å². The van der Waals surface area contributed by atoms with Gasteiger partial charge in [0.05, 0.1) is 0 Å². The summed E-state index contributed by atoms with van der Waals surface area (Å²) in [5.41, 5.74) is 4.33. The second-order valence-electron chi connectivity index (χ2n) is 4.26. The first kappa shape index (κ1) is 9.76. The van der Waals surface area contributed by atoms with Gasteiger partial charge in [-0.2, -0.15) is 0 Å². The summed E-state index contributed by atoms with van der Waals surface area (Å²) < 4.78 is 0. The molecule has 0 nitrogen and oxygen atoms in total. The van der Waals surface area contributed by atoms with Crippen molar-refractivity contribution in [1.29, 1.82) is 0 Å². The van der Waals surface area contributed by atoms with Gasteiger partial charge in [0.2, 0.25) is 0 Å². The van der Waals surface area contributed by atoms with E-state index in [0.29, 0.717) is 5.92 Å². The Kier molecular flexibility index (Phi) is 2.90. The van der Waals surface area contributed by atoms with Crippen LogP contribution in [0.1, 0.15) is 55.7 Å². The predicted octanol–water partition coefficient (Wildman–Crippen LogP) is 3.97. The van der Waals surface area contributed by atoms with Crippen molar-refractivity contribution in [3.8, 4) is 0 Å². The fourth-order valence-electron chi connectivity index (χ4n) is 2.02. The molecule has 2 rings (SSSR count). The average molecular weight is 186 g/mol. The van der Waals surface area contributed by atoms with Crippen molar-refractivity contribution in [3.63, 3.8) is 0 Å². The van der Waals surface area contributed by atoms with Crippen LogP contribution in [0, 0.1) is 6.42 Å². The zero-order chi connectivity index (χ0) is 9.97. The fraction of sp³-hybridized carbons (Fsp3) is 0.500. The van der Waals surface area contributed by atoms with Gasteiger partial charge in [-0.1, -0.05) is 32.0 Å². The van der Waals surface area contributed by atoms with E-state index in [4.69, 9.17) is 0 Å². The molecule has 0 heteroatoms. The van der Waals surface area contributed by atoms with Crippen molar-refractivity contribution in [2.24, 2.45) is 0 Å². The minimum Gasteiger partial charge on any atom is -0.0648 e. The Balaban J connectivity index is 2.29. The van der Waals surface area contributed by atoms with Crippen LogP contribution < -0.4 is 0 Å². The monoisotopic (exact) mass is 186 g/mol. The van der Waals surface area contributed by atoms with Crippen LogP contribution in [-0.4, -0.2) is 0 Å². The summed E-state index contributed by atoms with van der Waals surface area (Å²) in [7, 11) is 0. The number of benzene rings is 1. The molecule has 0 bridgehead atoms. The number of hydrogen-bond acceptors (Lipinski definition) is 0. The molecule has 0 heterocycles. The molecular weight excluding hydrogens is 168 g/mol. The third kappa shape index (κ3) is 1.84. The first-order chi connectivity index (χ1) is 6.81. The number of fused-ring (bicyclic) bond motifs is 1. The molecule has 0 amide bonds. The van der Waals surface area contributed by atoms with Gasteiger partial charge < -0.3 is 0 Å². The molecule has 0 saturated heterocycles. The van der Waals surface area contributed by atoms with Crippen molar-refractivity contribution in [2.75, 3.05) is 0 Å². The Morgan fingerprint density at radius 3 is 3.07 bits per heavy atom. The molecule has 0 aliphatic heterocycles. The Morgan fingerprint density at radius 2 is 2.29 bits per heavy atom. The first-order valence-corrected chi connectivity index (χ1v) is 5.68. The Hall–Kier alpha value is -0.780.